The Morgan fingerprint density at radius 2 is 2.17 bits per heavy atom. The predicted molar refractivity (Wildman–Crippen MR) is 90.1 cm³/mol. The average molecular weight is 318 g/mol. The fourth-order valence-electron chi connectivity index (χ4n) is 2.25. The molecule has 1 aromatic carbocycles. The largest absolute Gasteiger partial charge is 0.492 e. The third-order valence-electron chi connectivity index (χ3n) is 3.47. The fraction of sp³-hybridized carbons (Fsp3) is 0.353. The molecule has 0 aliphatic rings. The molecule has 23 heavy (non-hydrogen) atoms. The molecule has 0 aliphatic heterocycles. The highest BCUT2D eigenvalue weighted by atomic mass is 19.1. The number of benzene rings is 1. The molecule has 0 amide bonds. The van der Waals surface area contributed by atoms with Crippen LogP contribution < -0.4 is 10.1 Å². The minimum atomic E-state index is -0.298. The van der Waals surface area contributed by atoms with Gasteiger partial charge < -0.3 is 19.5 Å². The zero-order chi connectivity index (χ0) is 16.7. The van der Waals surface area contributed by atoms with Gasteiger partial charge in [-0.3, -0.25) is 4.99 Å². The quantitative estimate of drug-likeness (QED) is 0.505. The van der Waals surface area contributed by atoms with Crippen molar-refractivity contribution in [1.29, 1.82) is 0 Å². The third kappa shape index (κ3) is 5.02. The Balaban J connectivity index is 1.77. The highest BCUT2D eigenvalue weighted by Gasteiger charge is 2.08. The second kappa shape index (κ2) is 8.22. The Morgan fingerprint density at radius 1 is 1.35 bits per heavy atom. The van der Waals surface area contributed by atoms with Crippen LogP contribution in [0.15, 0.2) is 47.6 Å². The lowest BCUT2D eigenvalue weighted by Crippen LogP contribution is -2.40. The maximum absolute atomic E-state index is 13.1. The zero-order valence-corrected chi connectivity index (χ0v) is 13.8. The first-order valence-electron chi connectivity index (χ1n) is 7.50. The van der Waals surface area contributed by atoms with E-state index in [1.54, 1.807) is 19.2 Å². The van der Waals surface area contributed by atoms with E-state index < -0.39 is 0 Å². The molecule has 0 bridgehead atoms. The van der Waals surface area contributed by atoms with Gasteiger partial charge in [0.1, 0.15) is 18.2 Å². The molecule has 0 saturated heterocycles. The van der Waals surface area contributed by atoms with Gasteiger partial charge in [0.15, 0.2) is 5.96 Å². The van der Waals surface area contributed by atoms with E-state index in [0.717, 1.165) is 12.5 Å². The van der Waals surface area contributed by atoms with Gasteiger partial charge in [-0.05, 0) is 24.3 Å². The summed E-state index contributed by atoms with van der Waals surface area (Å²) in [4.78, 5) is 6.30. The van der Waals surface area contributed by atoms with E-state index in [9.17, 15) is 4.39 Å². The molecule has 0 unspecified atom stereocenters. The van der Waals surface area contributed by atoms with E-state index in [1.807, 2.05) is 31.3 Å². The van der Waals surface area contributed by atoms with Gasteiger partial charge in [0.25, 0.3) is 0 Å². The first-order valence-corrected chi connectivity index (χ1v) is 7.50. The summed E-state index contributed by atoms with van der Waals surface area (Å²) in [5.41, 5.74) is 1.20. The summed E-state index contributed by atoms with van der Waals surface area (Å²) in [7, 11) is 5.75. The Hall–Kier alpha value is -2.50. The van der Waals surface area contributed by atoms with Crippen molar-refractivity contribution in [2.75, 3.05) is 27.2 Å². The van der Waals surface area contributed by atoms with Gasteiger partial charge in [-0.1, -0.05) is 6.07 Å². The standard InChI is InChI=1S/C17H23FN4O/c1-19-17(22(3)13-15-7-5-10-21(15)2)20-9-11-23-16-8-4-6-14(18)12-16/h4-8,10,12H,9,11,13H2,1-3H3,(H,19,20). The van der Waals surface area contributed by atoms with Crippen molar-refractivity contribution in [2.24, 2.45) is 12.0 Å². The van der Waals surface area contributed by atoms with Crippen molar-refractivity contribution in [3.63, 3.8) is 0 Å². The second-order valence-corrected chi connectivity index (χ2v) is 5.25. The average Bonchev–Trinajstić information content (AvgIpc) is 2.92. The SMILES string of the molecule is CN=C(NCCOc1cccc(F)c1)N(C)Cc1cccn1C. The van der Waals surface area contributed by atoms with Gasteiger partial charge in [0, 0.05) is 39.1 Å². The van der Waals surface area contributed by atoms with Crippen LogP contribution in [0.25, 0.3) is 0 Å². The first-order chi connectivity index (χ1) is 11.1. The molecular weight excluding hydrogens is 295 g/mol. The van der Waals surface area contributed by atoms with E-state index in [4.69, 9.17) is 4.74 Å². The van der Waals surface area contributed by atoms with Crippen LogP contribution in [0.1, 0.15) is 5.69 Å². The van der Waals surface area contributed by atoms with Crippen LogP contribution in [0.4, 0.5) is 4.39 Å². The van der Waals surface area contributed by atoms with Gasteiger partial charge in [-0.15, -0.1) is 0 Å². The van der Waals surface area contributed by atoms with E-state index in [0.29, 0.717) is 18.9 Å². The van der Waals surface area contributed by atoms with Gasteiger partial charge in [0.2, 0.25) is 0 Å². The normalized spacial score (nSPS) is 11.4. The molecule has 1 heterocycles. The predicted octanol–water partition coefficient (Wildman–Crippen LogP) is 2.25. The van der Waals surface area contributed by atoms with Crippen LogP contribution in [0.5, 0.6) is 5.75 Å². The molecular formula is C17H23FN4O. The summed E-state index contributed by atoms with van der Waals surface area (Å²) >= 11 is 0. The minimum absolute atomic E-state index is 0.298. The summed E-state index contributed by atoms with van der Waals surface area (Å²) in [6.07, 6.45) is 2.02. The summed E-state index contributed by atoms with van der Waals surface area (Å²) in [6.45, 7) is 1.77. The van der Waals surface area contributed by atoms with Crippen molar-refractivity contribution in [1.82, 2.24) is 14.8 Å². The molecule has 124 valence electrons. The summed E-state index contributed by atoms with van der Waals surface area (Å²) in [5, 5.41) is 3.23. The molecule has 0 radical (unpaired) electrons. The number of hydrogen-bond acceptors (Lipinski definition) is 2. The van der Waals surface area contributed by atoms with Gasteiger partial charge in [0.05, 0.1) is 13.1 Å². The second-order valence-electron chi connectivity index (χ2n) is 5.25. The van der Waals surface area contributed by atoms with Crippen LogP contribution in [0.2, 0.25) is 0 Å². The molecule has 1 N–H and O–H groups in total. The Bertz CT molecular complexity index is 654. The van der Waals surface area contributed by atoms with Crippen LogP contribution in [0.3, 0.4) is 0 Å². The van der Waals surface area contributed by atoms with E-state index >= 15 is 0 Å². The van der Waals surface area contributed by atoms with Crippen LogP contribution in [-0.2, 0) is 13.6 Å². The molecule has 1 aromatic heterocycles. The van der Waals surface area contributed by atoms with Crippen LogP contribution in [0, 0.1) is 5.82 Å². The number of hydrogen-bond donors (Lipinski definition) is 1. The number of aliphatic imine (C=N–C) groups is 1. The van der Waals surface area contributed by atoms with Crippen LogP contribution in [-0.4, -0.2) is 42.7 Å². The van der Waals surface area contributed by atoms with Crippen molar-refractivity contribution in [3.05, 3.63) is 54.1 Å². The number of rotatable bonds is 6. The van der Waals surface area contributed by atoms with Gasteiger partial charge in [-0.2, -0.15) is 0 Å². The summed E-state index contributed by atoms with van der Waals surface area (Å²) in [6, 6.07) is 10.2. The molecule has 5 nitrogen and oxygen atoms in total. The van der Waals surface area contributed by atoms with Crippen molar-refractivity contribution in [2.45, 2.75) is 6.54 Å². The smallest absolute Gasteiger partial charge is 0.193 e. The number of halogens is 1. The highest BCUT2D eigenvalue weighted by Crippen LogP contribution is 2.11. The van der Waals surface area contributed by atoms with Crippen LogP contribution >= 0.6 is 0 Å². The lowest BCUT2D eigenvalue weighted by molar-refractivity contribution is 0.317. The summed E-state index contributed by atoms with van der Waals surface area (Å²) in [5.74, 6) is 1.02. The first kappa shape index (κ1) is 16.9. The maximum atomic E-state index is 13.1. The van der Waals surface area contributed by atoms with Gasteiger partial charge >= 0.3 is 0 Å². The molecule has 0 saturated carbocycles. The number of nitrogens with zero attached hydrogens (tertiary/aromatic N) is 3. The van der Waals surface area contributed by atoms with Gasteiger partial charge in [-0.25, -0.2) is 4.39 Å². The lowest BCUT2D eigenvalue weighted by atomic mass is 10.3. The molecule has 6 heteroatoms. The maximum Gasteiger partial charge on any atom is 0.193 e. The molecule has 0 spiro atoms. The number of ether oxygens (including phenoxy) is 1. The van der Waals surface area contributed by atoms with E-state index in [-0.39, 0.29) is 5.82 Å². The topological polar surface area (TPSA) is 41.8 Å². The number of nitrogens with one attached hydrogen (secondary N) is 1. The molecule has 0 atom stereocenters. The monoisotopic (exact) mass is 318 g/mol. The number of aromatic nitrogens is 1. The molecule has 2 rings (SSSR count). The molecule has 2 aromatic rings. The van der Waals surface area contributed by atoms with E-state index in [2.05, 4.69) is 20.9 Å². The third-order valence-corrected chi connectivity index (χ3v) is 3.47. The minimum Gasteiger partial charge on any atom is -0.492 e. The molecule has 0 fully saturated rings. The lowest BCUT2D eigenvalue weighted by Gasteiger charge is -2.22. The number of guanidine groups is 1. The van der Waals surface area contributed by atoms with Crippen molar-refractivity contribution >= 4 is 5.96 Å². The summed E-state index contributed by atoms with van der Waals surface area (Å²) < 4.78 is 20.6. The van der Waals surface area contributed by atoms with Crippen molar-refractivity contribution in [3.8, 4) is 5.75 Å². The Kier molecular flexibility index (Phi) is 6.02. The highest BCUT2D eigenvalue weighted by molar-refractivity contribution is 5.79. The Labute approximate surface area is 136 Å². The fourth-order valence-corrected chi connectivity index (χ4v) is 2.25. The molecule has 0 aliphatic carbocycles. The Morgan fingerprint density at radius 3 is 2.83 bits per heavy atom. The van der Waals surface area contributed by atoms with E-state index in [1.165, 1.54) is 17.8 Å². The zero-order valence-electron chi connectivity index (χ0n) is 13.8. The van der Waals surface area contributed by atoms with Crippen molar-refractivity contribution < 1.29 is 9.13 Å². The number of aryl methyl sites for hydroxylation is 1.